The minimum atomic E-state index is -0.423. The molecule has 3 rings (SSSR count). The lowest BCUT2D eigenvalue weighted by atomic mass is 10.0. The SMILES string of the molecule is CC(=O)Oc1cccc(C(=O)N2CCC(NC(=O)CCCOc3ccccc3C)CC2)c1. The largest absolute Gasteiger partial charge is 0.493 e. The van der Waals surface area contributed by atoms with Crippen LogP contribution in [0.15, 0.2) is 48.5 Å². The second kappa shape index (κ2) is 11.3. The number of para-hydroxylation sites is 1. The zero-order valence-corrected chi connectivity index (χ0v) is 18.6. The Morgan fingerprint density at radius 2 is 1.81 bits per heavy atom. The predicted octanol–water partition coefficient (Wildman–Crippen LogP) is 3.50. The van der Waals surface area contributed by atoms with E-state index in [2.05, 4.69) is 5.32 Å². The van der Waals surface area contributed by atoms with E-state index in [1.54, 1.807) is 29.2 Å². The molecule has 1 heterocycles. The molecule has 0 spiro atoms. The molecule has 0 atom stereocenters. The number of nitrogens with zero attached hydrogens (tertiary/aromatic N) is 1. The van der Waals surface area contributed by atoms with E-state index in [-0.39, 0.29) is 17.9 Å². The van der Waals surface area contributed by atoms with Crippen molar-refractivity contribution in [2.45, 2.75) is 45.6 Å². The Morgan fingerprint density at radius 1 is 1.06 bits per heavy atom. The second-order valence-electron chi connectivity index (χ2n) is 7.97. The molecule has 0 aromatic heterocycles. The molecule has 1 aliphatic heterocycles. The molecule has 1 aliphatic rings. The van der Waals surface area contributed by atoms with Crippen LogP contribution in [0.2, 0.25) is 0 Å². The molecule has 2 aromatic rings. The number of aryl methyl sites for hydroxylation is 1. The van der Waals surface area contributed by atoms with Crippen LogP contribution in [0.3, 0.4) is 0 Å². The molecule has 0 saturated carbocycles. The van der Waals surface area contributed by atoms with Crippen molar-refractivity contribution in [1.82, 2.24) is 10.2 Å². The van der Waals surface area contributed by atoms with Crippen molar-refractivity contribution in [3.63, 3.8) is 0 Å². The standard InChI is InChI=1S/C25H30N2O5/c1-18-7-3-4-10-23(18)31-16-6-11-24(29)26-21-12-14-27(15-13-21)25(30)20-8-5-9-22(17-20)32-19(2)28/h3-5,7-10,17,21H,6,11-16H2,1-2H3,(H,26,29). The van der Waals surface area contributed by atoms with Crippen molar-refractivity contribution in [3.05, 3.63) is 59.7 Å². The lowest BCUT2D eigenvalue weighted by Crippen LogP contribution is -2.46. The van der Waals surface area contributed by atoms with Crippen LogP contribution in [-0.4, -0.2) is 48.4 Å². The van der Waals surface area contributed by atoms with E-state index in [1.807, 2.05) is 31.2 Å². The van der Waals surface area contributed by atoms with Gasteiger partial charge < -0.3 is 19.7 Å². The number of carbonyl (C=O) groups is 3. The van der Waals surface area contributed by atoms with Crippen LogP contribution in [-0.2, 0) is 9.59 Å². The first kappa shape index (κ1) is 23.3. The van der Waals surface area contributed by atoms with Gasteiger partial charge in [-0.15, -0.1) is 0 Å². The molecule has 2 amide bonds. The van der Waals surface area contributed by atoms with Gasteiger partial charge in [-0.25, -0.2) is 0 Å². The Bertz CT molecular complexity index is 951. The molecule has 0 bridgehead atoms. The second-order valence-corrected chi connectivity index (χ2v) is 7.97. The summed E-state index contributed by atoms with van der Waals surface area (Å²) in [7, 11) is 0. The highest BCUT2D eigenvalue weighted by Crippen LogP contribution is 2.19. The molecule has 32 heavy (non-hydrogen) atoms. The maximum Gasteiger partial charge on any atom is 0.308 e. The van der Waals surface area contributed by atoms with Crippen LogP contribution in [0.25, 0.3) is 0 Å². The summed E-state index contributed by atoms with van der Waals surface area (Å²) in [5.74, 6) is 0.697. The number of esters is 1. The first-order valence-electron chi connectivity index (χ1n) is 11.0. The summed E-state index contributed by atoms with van der Waals surface area (Å²) < 4.78 is 10.8. The van der Waals surface area contributed by atoms with Crippen LogP contribution in [0, 0.1) is 6.92 Å². The summed E-state index contributed by atoms with van der Waals surface area (Å²) in [6, 6.07) is 14.5. The Morgan fingerprint density at radius 3 is 2.53 bits per heavy atom. The summed E-state index contributed by atoms with van der Waals surface area (Å²) in [6.45, 7) is 4.95. The summed E-state index contributed by atoms with van der Waals surface area (Å²) in [5, 5.41) is 3.07. The summed E-state index contributed by atoms with van der Waals surface area (Å²) in [4.78, 5) is 37.9. The maximum atomic E-state index is 12.8. The van der Waals surface area contributed by atoms with Gasteiger partial charge >= 0.3 is 5.97 Å². The lowest BCUT2D eigenvalue weighted by molar-refractivity contribution is -0.132. The lowest BCUT2D eigenvalue weighted by Gasteiger charge is -2.32. The molecule has 7 heteroatoms. The van der Waals surface area contributed by atoms with E-state index < -0.39 is 5.97 Å². The number of nitrogens with one attached hydrogen (secondary N) is 1. The molecule has 1 saturated heterocycles. The third kappa shape index (κ3) is 6.83. The van der Waals surface area contributed by atoms with Gasteiger partial charge in [0.15, 0.2) is 0 Å². The number of carbonyl (C=O) groups excluding carboxylic acids is 3. The van der Waals surface area contributed by atoms with E-state index in [0.717, 1.165) is 11.3 Å². The number of hydrogen-bond donors (Lipinski definition) is 1. The highest BCUT2D eigenvalue weighted by molar-refractivity contribution is 5.94. The predicted molar refractivity (Wildman–Crippen MR) is 121 cm³/mol. The molecular formula is C25H30N2O5. The average Bonchev–Trinajstić information content (AvgIpc) is 2.77. The third-order valence-electron chi connectivity index (χ3n) is 5.39. The van der Waals surface area contributed by atoms with Crippen molar-refractivity contribution < 1.29 is 23.9 Å². The number of hydrogen-bond acceptors (Lipinski definition) is 5. The zero-order valence-electron chi connectivity index (χ0n) is 18.6. The van der Waals surface area contributed by atoms with Gasteiger partial charge in [0.25, 0.3) is 5.91 Å². The molecular weight excluding hydrogens is 408 g/mol. The van der Waals surface area contributed by atoms with Crippen LogP contribution in [0.4, 0.5) is 0 Å². The van der Waals surface area contributed by atoms with E-state index in [9.17, 15) is 14.4 Å². The van der Waals surface area contributed by atoms with E-state index in [1.165, 1.54) is 6.92 Å². The van der Waals surface area contributed by atoms with Gasteiger partial charge in [-0.2, -0.15) is 0 Å². The van der Waals surface area contributed by atoms with Gasteiger partial charge in [0, 0.05) is 38.0 Å². The van der Waals surface area contributed by atoms with Crippen LogP contribution in [0.1, 0.15) is 48.5 Å². The fourth-order valence-electron chi connectivity index (χ4n) is 3.70. The quantitative estimate of drug-likeness (QED) is 0.387. The Balaban J connectivity index is 1.38. The van der Waals surface area contributed by atoms with Gasteiger partial charge in [-0.05, 0) is 56.0 Å². The number of piperidine rings is 1. The minimum Gasteiger partial charge on any atom is -0.493 e. The van der Waals surface area contributed by atoms with Crippen molar-refractivity contribution >= 4 is 17.8 Å². The third-order valence-corrected chi connectivity index (χ3v) is 5.39. The molecule has 1 fully saturated rings. The molecule has 7 nitrogen and oxygen atoms in total. The van der Waals surface area contributed by atoms with Crippen molar-refractivity contribution in [2.24, 2.45) is 0 Å². The normalized spacial score (nSPS) is 14.0. The van der Waals surface area contributed by atoms with Crippen LogP contribution < -0.4 is 14.8 Å². The number of benzene rings is 2. The van der Waals surface area contributed by atoms with Crippen LogP contribution >= 0.6 is 0 Å². The van der Waals surface area contributed by atoms with Gasteiger partial charge in [0.2, 0.25) is 5.91 Å². The highest BCUT2D eigenvalue weighted by atomic mass is 16.5. The number of likely N-dealkylation sites (tertiary alicyclic amines) is 1. The summed E-state index contributed by atoms with van der Waals surface area (Å²) in [5.41, 5.74) is 1.57. The minimum absolute atomic E-state index is 0.0113. The van der Waals surface area contributed by atoms with Crippen molar-refractivity contribution in [2.75, 3.05) is 19.7 Å². The Hall–Kier alpha value is -3.35. The van der Waals surface area contributed by atoms with Crippen LogP contribution in [0.5, 0.6) is 11.5 Å². The molecule has 0 unspecified atom stereocenters. The molecule has 0 aliphatic carbocycles. The monoisotopic (exact) mass is 438 g/mol. The molecule has 2 aromatic carbocycles. The molecule has 1 N–H and O–H groups in total. The maximum absolute atomic E-state index is 12.8. The average molecular weight is 439 g/mol. The van der Waals surface area contributed by atoms with Gasteiger partial charge in [-0.3, -0.25) is 14.4 Å². The van der Waals surface area contributed by atoms with Crippen molar-refractivity contribution in [3.8, 4) is 11.5 Å². The highest BCUT2D eigenvalue weighted by Gasteiger charge is 2.24. The number of ether oxygens (including phenoxy) is 2. The van der Waals surface area contributed by atoms with Gasteiger partial charge in [0.05, 0.1) is 6.61 Å². The number of rotatable bonds is 8. The van der Waals surface area contributed by atoms with Gasteiger partial charge in [-0.1, -0.05) is 24.3 Å². The topological polar surface area (TPSA) is 84.9 Å². The van der Waals surface area contributed by atoms with Crippen molar-refractivity contribution in [1.29, 1.82) is 0 Å². The summed E-state index contributed by atoms with van der Waals surface area (Å²) in [6.07, 6.45) is 2.48. The van der Waals surface area contributed by atoms with E-state index >= 15 is 0 Å². The Kier molecular flexibility index (Phi) is 8.25. The molecule has 170 valence electrons. The zero-order chi connectivity index (χ0) is 22.9. The Labute approximate surface area is 188 Å². The first-order chi connectivity index (χ1) is 15.4. The first-order valence-corrected chi connectivity index (χ1v) is 11.0. The fourth-order valence-corrected chi connectivity index (χ4v) is 3.70. The number of amides is 2. The van der Waals surface area contributed by atoms with E-state index in [4.69, 9.17) is 9.47 Å². The molecule has 0 radical (unpaired) electrons. The smallest absolute Gasteiger partial charge is 0.308 e. The summed E-state index contributed by atoms with van der Waals surface area (Å²) >= 11 is 0. The van der Waals surface area contributed by atoms with E-state index in [0.29, 0.717) is 56.7 Å². The van der Waals surface area contributed by atoms with Gasteiger partial charge in [0.1, 0.15) is 11.5 Å². The fraction of sp³-hybridized carbons (Fsp3) is 0.400.